The summed E-state index contributed by atoms with van der Waals surface area (Å²) in [6, 6.07) is 25.7. The lowest BCUT2D eigenvalue weighted by molar-refractivity contribution is -0.958. The number of hydrogen-bond acceptors (Lipinski definition) is 1. The molecule has 28 heavy (non-hydrogen) atoms. The molecule has 0 atom stereocenters. The maximum Gasteiger partial charge on any atom is 0.137 e. The highest BCUT2D eigenvalue weighted by atomic mass is 15.2. The summed E-state index contributed by atoms with van der Waals surface area (Å²) in [6.07, 6.45) is 2.15. The molecule has 4 heteroatoms. The molecule has 0 bridgehead atoms. The van der Waals surface area contributed by atoms with Gasteiger partial charge in [0.1, 0.15) is 44.1 Å². The van der Waals surface area contributed by atoms with Crippen molar-refractivity contribution in [3.63, 3.8) is 0 Å². The zero-order valence-corrected chi connectivity index (χ0v) is 16.0. The molecule has 3 N–H and O–H groups in total. The van der Waals surface area contributed by atoms with Crippen molar-refractivity contribution in [2.75, 3.05) is 26.2 Å². The van der Waals surface area contributed by atoms with Crippen LogP contribution in [0.1, 0.15) is 5.69 Å². The van der Waals surface area contributed by atoms with Gasteiger partial charge in [-0.15, -0.1) is 0 Å². The van der Waals surface area contributed by atoms with Crippen LogP contribution in [-0.2, 0) is 6.54 Å². The van der Waals surface area contributed by atoms with E-state index in [-0.39, 0.29) is 0 Å². The molecule has 0 spiro atoms. The fourth-order valence-corrected chi connectivity index (χ4v) is 4.19. The Kier molecular flexibility index (Phi) is 4.65. The van der Waals surface area contributed by atoms with E-state index >= 15 is 0 Å². The van der Waals surface area contributed by atoms with E-state index in [1.165, 1.54) is 48.6 Å². The summed E-state index contributed by atoms with van der Waals surface area (Å²) in [4.78, 5) is 6.64. The highest BCUT2D eigenvalue weighted by molar-refractivity contribution is 5.71. The average molecular weight is 371 g/mol. The zero-order chi connectivity index (χ0) is 18.8. The molecule has 4 aromatic rings. The van der Waals surface area contributed by atoms with E-state index < -0.39 is 0 Å². The van der Waals surface area contributed by atoms with E-state index in [2.05, 4.69) is 88.7 Å². The first-order chi connectivity index (χ1) is 13.9. The molecule has 5 rings (SSSR count). The minimum absolute atomic E-state index is 1.02. The summed E-state index contributed by atoms with van der Waals surface area (Å²) in [5.74, 6) is 0. The zero-order valence-electron chi connectivity index (χ0n) is 16.0. The molecule has 3 heterocycles. The van der Waals surface area contributed by atoms with Gasteiger partial charge in [-0.1, -0.05) is 60.7 Å². The Bertz CT molecular complexity index is 1060. The topological polar surface area (TPSA) is 38.4 Å². The molecule has 140 valence electrons. The van der Waals surface area contributed by atoms with Crippen LogP contribution in [0, 0.1) is 0 Å². The van der Waals surface area contributed by atoms with Gasteiger partial charge in [0, 0.05) is 11.8 Å². The second-order valence-corrected chi connectivity index (χ2v) is 7.57. The molecule has 0 aliphatic carbocycles. The molecule has 1 fully saturated rings. The summed E-state index contributed by atoms with van der Waals surface area (Å²) in [7, 11) is 0. The fourth-order valence-electron chi connectivity index (χ4n) is 4.19. The van der Waals surface area contributed by atoms with Crippen LogP contribution in [0.2, 0.25) is 0 Å². The number of quaternary nitrogens is 2. The molecule has 1 saturated heterocycles. The Balaban J connectivity index is 1.53. The molecule has 0 unspecified atom stereocenters. The molecule has 1 aliphatic heterocycles. The first-order valence-electron chi connectivity index (χ1n) is 10.2. The Morgan fingerprint density at radius 3 is 2.25 bits per heavy atom. The van der Waals surface area contributed by atoms with E-state index in [0.717, 1.165) is 17.9 Å². The normalized spacial score (nSPS) is 15.1. The van der Waals surface area contributed by atoms with Crippen molar-refractivity contribution in [3.05, 3.63) is 84.7 Å². The highest BCUT2D eigenvalue weighted by Crippen LogP contribution is 2.27. The number of piperazine rings is 1. The van der Waals surface area contributed by atoms with Crippen molar-refractivity contribution in [3.8, 4) is 22.4 Å². The van der Waals surface area contributed by atoms with Crippen LogP contribution in [0.25, 0.3) is 28.0 Å². The number of fused-ring (bicyclic) bond motifs is 1. The lowest BCUT2D eigenvalue weighted by Gasteiger charge is -2.22. The van der Waals surface area contributed by atoms with Crippen LogP contribution in [0.15, 0.2) is 79.0 Å². The van der Waals surface area contributed by atoms with Crippen molar-refractivity contribution >= 4 is 5.65 Å². The van der Waals surface area contributed by atoms with E-state index in [9.17, 15) is 0 Å². The molecule has 4 nitrogen and oxygen atoms in total. The predicted octanol–water partition coefficient (Wildman–Crippen LogP) is 1.63. The number of benzene rings is 2. The number of hydrogen-bond donors (Lipinski definition) is 2. The summed E-state index contributed by atoms with van der Waals surface area (Å²) in [6.45, 7) is 5.88. The molecule has 2 aromatic heterocycles. The van der Waals surface area contributed by atoms with Crippen molar-refractivity contribution in [1.82, 2.24) is 9.38 Å². The molecular weight excluding hydrogens is 344 g/mol. The second-order valence-electron chi connectivity index (χ2n) is 7.57. The van der Waals surface area contributed by atoms with Gasteiger partial charge in [0.05, 0.1) is 5.69 Å². The summed E-state index contributed by atoms with van der Waals surface area (Å²) < 4.78 is 2.27. The Morgan fingerprint density at radius 1 is 0.786 bits per heavy atom. The number of pyridine rings is 1. The second kappa shape index (κ2) is 7.58. The lowest BCUT2D eigenvalue weighted by atomic mass is 10.0. The largest absolute Gasteiger partial charge is 0.337 e. The van der Waals surface area contributed by atoms with Crippen molar-refractivity contribution in [2.24, 2.45) is 0 Å². The summed E-state index contributed by atoms with van der Waals surface area (Å²) in [5.41, 5.74) is 7.15. The number of nitrogens with one attached hydrogen (secondary N) is 1. The molecule has 2 aromatic carbocycles. The quantitative estimate of drug-likeness (QED) is 0.563. The monoisotopic (exact) mass is 370 g/mol. The minimum Gasteiger partial charge on any atom is -0.337 e. The smallest absolute Gasteiger partial charge is 0.137 e. The van der Waals surface area contributed by atoms with E-state index in [0.29, 0.717) is 0 Å². The Hall–Kier alpha value is -2.95. The van der Waals surface area contributed by atoms with E-state index in [4.69, 9.17) is 4.98 Å². The number of nitrogens with two attached hydrogens (primary N) is 1. The molecule has 0 radical (unpaired) electrons. The number of aromatic nitrogens is 2. The van der Waals surface area contributed by atoms with Crippen LogP contribution < -0.4 is 10.2 Å². The molecule has 0 saturated carbocycles. The van der Waals surface area contributed by atoms with E-state index in [1.807, 2.05) is 0 Å². The van der Waals surface area contributed by atoms with Crippen LogP contribution >= 0.6 is 0 Å². The third kappa shape index (κ3) is 3.33. The Labute approximate surface area is 165 Å². The van der Waals surface area contributed by atoms with Gasteiger partial charge in [0.25, 0.3) is 0 Å². The number of nitrogens with zero attached hydrogens (tertiary/aromatic N) is 2. The number of rotatable bonds is 4. The minimum atomic E-state index is 1.02. The van der Waals surface area contributed by atoms with Crippen molar-refractivity contribution in [1.29, 1.82) is 0 Å². The van der Waals surface area contributed by atoms with Crippen LogP contribution in [0.3, 0.4) is 0 Å². The van der Waals surface area contributed by atoms with E-state index in [1.54, 1.807) is 4.90 Å². The first kappa shape index (κ1) is 17.2. The van der Waals surface area contributed by atoms with Gasteiger partial charge in [-0.05, 0) is 23.3 Å². The van der Waals surface area contributed by atoms with Crippen LogP contribution in [0.4, 0.5) is 0 Å². The van der Waals surface area contributed by atoms with Gasteiger partial charge in [-0.25, -0.2) is 4.98 Å². The predicted molar refractivity (Wildman–Crippen MR) is 112 cm³/mol. The summed E-state index contributed by atoms with van der Waals surface area (Å²) in [5, 5.41) is 2.42. The maximum absolute atomic E-state index is 4.99. The third-order valence-electron chi connectivity index (χ3n) is 5.72. The molecule has 1 aliphatic rings. The van der Waals surface area contributed by atoms with Crippen molar-refractivity contribution in [2.45, 2.75) is 6.54 Å². The molecular formula is C24H26N4+2. The fraction of sp³-hybridized carbons (Fsp3) is 0.208. The maximum atomic E-state index is 4.99. The summed E-state index contributed by atoms with van der Waals surface area (Å²) >= 11 is 0. The van der Waals surface area contributed by atoms with Gasteiger partial charge in [0.15, 0.2) is 0 Å². The third-order valence-corrected chi connectivity index (χ3v) is 5.72. The first-order valence-corrected chi connectivity index (χ1v) is 10.2. The van der Waals surface area contributed by atoms with Gasteiger partial charge in [0.2, 0.25) is 0 Å². The van der Waals surface area contributed by atoms with Gasteiger partial charge in [-0.3, -0.25) is 4.40 Å². The van der Waals surface area contributed by atoms with Crippen LogP contribution in [-0.4, -0.2) is 35.6 Å². The standard InChI is InChI=1S/C24H24N4/c1-2-6-19(7-3-1)20-9-11-21(12-10-20)24-22(18-27-16-13-25-14-17-27)28-15-5-4-8-23(28)26-24/h1-12,15,25H,13-14,16-18H2/p+2. The van der Waals surface area contributed by atoms with Gasteiger partial charge < -0.3 is 10.2 Å². The van der Waals surface area contributed by atoms with Crippen molar-refractivity contribution < 1.29 is 10.2 Å². The molecule has 0 amide bonds. The van der Waals surface area contributed by atoms with Gasteiger partial charge >= 0.3 is 0 Å². The Morgan fingerprint density at radius 2 is 1.46 bits per heavy atom. The average Bonchev–Trinajstić information content (AvgIpc) is 3.14. The van der Waals surface area contributed by atoms with Crippen LogP contribution in [0.5, 0.6) is 0 Å². The van der Waals surface area contributed by atoms with Gasteiger partial charge in [-0.2, -0.15) is 0 Å². The highest BCUT2D eigenvalue weighted by Gasteiger charge is 2.22. The number of imidazole rings is 1. The SMILES string of the molecule is c1ccc(-c2ccc(-c3nc4ccccn4c3C[NH+]3CC[NH2+]CC3)cc2)cc1. The lowest BCUT2D eigenvalue weighted by Crippen LogP contribution is -3.19.